The first-order valence-electron chi connectivity index (χ1n) is 4.12. The summed E-state index contributed by atoms with van der Waals surface area (Å²) >= 11 is 1.92. The lowest BCUT2D eigenvalue weighted by Gasteiger charge is -1.88. The summed E-state index contributed by atoms with van der Waals surface area (Å²) in [7, 11) is 0. The molecule has 0 unspecified atom stereocenters. The summed E-state index contributed by atoms with van der Waals surface area (Å²) in [6, 6.07) is 8.63. The third-order valence-corrected chi connectivity index (χ3v) is 3.51. The van der Waals surface area contributed by atoms with Gasteiger partial charge in [-0.15, -0.1) is 11.3 Å². The monoisotopic (exact) mass is 172 g/mol. The van der Waals surface area contributed by atoms with Crippen LogP contribution in [0.4, 0.5) is 0 Å². The van der Waals surface area contributed by atoms with E-state index in [2.05, 4.69) is 36.4 Å². The Kier molecular flexibility index (Phi) is 1.18. The van der Waals surface area contributed by atoms with Gasteiger partial charge in [0.25, 0.3) is 0 Å². The molecule has 0 nitrogen and oxygen atoms in total. The standard InChI is InChI=1S/C11H8S/c1-2-6-10-8(4-1)9-5-3-7-11(9)12-10/h1-6H,7H2. The minimum absolute atomic E-state index is 1.13. The topological polar surface area (TPSA) is 0 Å². The second-order valence-electron chi connectivity index (χ2n) is 3.04. The van der Waals surface area contributed by atoms with Crippen LogP contribution in [0.1, 0.15) is 10.4 Å². The quantitative estimate of drug-likeness (QED) is 0.570. The van der Waals surface area contributed by atoms with E-state index in [9.17, 15) is 0 Å². The Morgan fingerprint density at radius 2 is 2.08 bits per heavy atom. The fraction of sp³-hybridized carbons (Fsp3) is 0.0909. The van der Waals surface area contributed by atoms with Crippen LogP contribution in [0, 0.1) is 0 Å². The summed E-state index contributed by atoms with van der Waals surface area (Å²) < 4.78 is 1.42. The van der Waals surface area contributed by atoms with Gasteiger partial charge in [0.1, 0.15) is 0 Å². The van der Waals surface area contributed by atoms with Crippen LogP contribution in [0.5, 0.6) is 0 Å². The van der Waals surface area contributed by atoms with Gasteiger partial charge in [-0.05, 0) is 17.0 Å². The molecule has 0 atom stereocenters. The lowest BCUT2D eigenvalue weighted by atomic mass is 10.2. The third kappa shape index (κ3) is 0.718. The van der Waals surface area contributed by atoms with E-state index in [4.69, 9.17) is 0 Å². The van der Waals surface area contributed by atoms with Gasteiger partial charge in [-0.1, -0.05) is 30.4 Å². The Hall–Kier alpha value is -1.08. The molecule has 0 aliphatic heterocycles. The lowest BCUT2D eigenvalue weighted by Crippen LogP contribution is -1.68. The molecule has 1 aliphatic rings. The molecule has 3 rings (SSSR count). The molecule has 0 amide bonds. The number of thiophene rings is 1. The fourth-order valence-corrected chi connectivity index (χ4v) is 2.90. The lowest BCUT2D eigenvalue weighted by molar-refractivity contribution is 1.40. The first-order chi connectivity index (χ1) is 5.95. The van der Waals surface area contributed by atoms with Crippen molar-refractivity contribution in [3.05, 3.63) is 40.8 Å². The number of fused-ring (bicyclic) bond motifs is 3. The Morgan fingerprint density at radius 3 is 3.08 bits per heavy atom. The van der Waals surface area contributed by atoms with Crippen molar-refractivity contribution in [1.82, 2.24) is 0 Å². The summed E-state index contributed by atoms with van der Waals surface area (Å²) in [4.78, 5) is 1.52. The van der Waals surface area contributed by atoms with E-state index in [1.807, 2.05) is 11.3 Å². The van der Waals surface area contributed by atoms with E-state index in [-0.39, 0.29) is 0 Å². The molecular weight excluding hydrogens is 164 g/mol. The average molecular weight is 172 g/mol. The van der Waals surface area contributed by atoms with E-state index in [0.717, 1.165) is 6.42 Å². The van der Waals surface area contributed by atoms with Crippen molar-refractivity contribution in [2.45, 2.75) is 6.42 Å². The minimum Gasteiger partial charge on any atom is -0.139 e. The highest BCUT2D eigenvalue weighted by molar-refractivity contribution is 7.19. The first-order valence-corrected chi connectivity index (χ1v) is 4.94. The van der Waals surface area contributed by atoms with Crippen molar-refractivity contribution in [1.29, 1.82) is 0 Å². The number of allylic oxidation sites excluding steroid dienone is 1. The molecule has 1 aromatic heterocycles. The van der Waals surface area contributed by atoms with Gasteiger partial charge in [-0.2, -0.15) is 0 Å². The van der Waals surface area contributed by atoms with Gasteiger partial charge in [-0.3, -0.25) is 0 Å². The van der Waals surface area contributed by atoms with E-state index in [0.29, 0.717) is 0 Å². The van der Waals surface area contributed by atoms with E-state index < -0.39 is 0 Å². The van der Waals surface area contributed by atoms with Crippen LogP contribution in [0.3, 0.4) is 0 Å². The van der Waals surface area contributed by atoms with Crippen molar-refractivity contribution in [2.75, 3.05) is 0 Å². The average Bonchev–Trinajstić information content (AvgIpc) is 2.62. The highest BCUT2D eigenvalue weighted by Crippen LogP contribution is 2.35. The summed E-state index contributed by atoms with van der Waals surface area (Å²) in [6.07, 6.45) is 5.62. The predicted molar refractivity (Wildman–Crippen MR) is 54.6 cm³/mol. The largest absolute Gasteiger partial charge is 0.139 e. The molecule has 0 radical (unpaired) electrons. The second-order valence-corrected chi connectivity index (χ2v) is 4.18. The Morgan fingerprint density at radius 1 is 1.17 bits per heavy atom. The molecule has 1 aliphatic carbocycles. The first kappa shape index (κ1) is 6.44. The van der Waals surface area contributed by atoms with Crippen molar-refractivity contribution in [3.8, 4) is 0 Å². The Balaban J connectivity index is 2.51. The summed E-state index contributed by atoms with van der Waals surface area (Å²) in [5, 5.41) is 1.42. The van der Waals surface area contributed by atoms with Crippen LogP contribution in [0.2, 0.25) is 0 Å². The molecule has 0 saturated carbocycles. The van der Waals surface area contributed by atoms with Crippen molar-refractivity contribution in [3.63, 3.8) is 0 Å². The highest BCUT2D eigenvalue weighted by Gasteiger charge is 2.11. The van der Waals surface area contributed by atoms with Gasteiger partial charge in [0.15, 0.2) is 0 Å². The van der Waals surface area contributed by atoms with Crippen molar-refractivity contribution >= 4 is 27.5 Å². The van der Waals surface area contributed by atoms with Crippen LogP contribution in [0.15, 0.2) is 30.3 Å². The maximum Gasteiger partial charge on any atom is 0.0352 e. The predicted octanol–water partition coefficient (Wildman–Crippen LogP) is 3.47. The molecular formula is C11H8S. The maximum absolute atomic E-state index is 2.24. The number of benzene rings is 1. The van der Waals surface area contributed by atoms with E-state index >= 15 is 0 Å². The van der Waals surface area contributed by atoms with Gasteiger partial charge in [0.2, 0.25) is 0 Å². The molecule has 0 bridgehead atoms. The zero-order valence-electron chi connectivity index (χ0n) is 6.58. The third-order valence-electron chi connectivity index (χ3n) is 2.30. The molecule has 12 heavy (non-hydrogen) atoms. The smallest absolute Gasteiger partial charge is 0.0352 e. The summed E-state index contributed by atoms with van der Waals surface area (Å²) in [5.41, 5.74) is 1.45. The zero-order valence-corrected chi connectivity index (χ0v) is 7.40. The molecule has 0 spiro atoms. The molecule has 0 fully saturated rings. The SMILES string of the molecule is C1=Cc2c(sc3ccccc23)C1. The van der Waals surface area contributed by atoms with E-state index in [1.165, 1.54) is 20.5 Å². The second kappa shape index (κ2) is 2.20. The van der Waals surface area contributed by atoms with Gasteiger partial charge >= 0.3 is 0 Å². The summed E-state index contributed by atoms with van der Waals surface area (Å²) in [5.74, 6) is 0. The number of rotatable bonds is 0. The van der Waals surface area contributed by atoms with Crippen LogP contribution in [-0.2, 0) is 6.42 Å². The van der Waals surface area contributed by atoms with Crippen LogP contribution >= 0.6 is 11.3 Å². The van der Waals surface area contributed by atoms with Gasteiger partial charge < -0.3 is 0 Å². The summed E-state index contributed by atoms with van der Waals surface area (Å²) in [6.45, 7) is 0. The maximum atomic E-state index is 2.24. The van der Waals surface area contributed by atoms with Gasteiger partial charge in [0, 0.05) is 16.0 Å². The molecule has 1 heteroatoms. The van der Waals surface area contributed by atoms with Crippen LogP contribution < -0.4 is 0 Å². The molecule has 2 aromatic rings. The molecule has 58 valence electrons. The normalized spacial score (nSPS) is 14.0. The Bertz CT molecular complexity index is 463. The minimum atomic E-state index is 1.13. The Labute approximate surface area is 75.2 Å². The van der Waals surface area contributed by atoms with Crippen LogP contribution in [-0.4, -0.2) is 0 Å². The molecule has 1 aromatic carbocycles. The molecule has 1 heterocycles. The number of hydrogen-bond donors (Lipinski definition) is 0. The molecule has 0 N–H and O–H groups in total. The van der Waals surface area contributed by atoms with Crippen molar-refractivity contribution < 1.29 is 0 Å². The van der Waals surface area contributed by atoms with Crippen molar-refractivity contribution in [2.24, 2.45) is 0 Å². The van der Waals surface area contributed by atoms with Crippen LogP contribution in [0.25, 0.3) is 16.2 Å². The highest BCUT2D eigenvalue weighted by atomic mass is 32.1. The van der Waals surface area contributed by atoms with Gasteiger partial charge in [-0.25, -0.2) is 0 Å². The fourth-order valence-electron chi connectivity index (χ4n) is 1.73. The number of hydrogen-bond acceptors (Lipinski definition) is 1. The zero-order chi connectivity index (χ0) is 7.97. The van der Waals surface area contributed by atoms with Gasteiger partial charge in [0.05, 0.1) is 0 Å². The molecule has 0 saturated heterocycles. The van der Waals surface area contributed by atoms with E-state index in [1.54, 1.807) is 0 Å².